The minimum absolute atomic E-state index is 0.0970. The molecule has 3 heterocycles. The van der Waals surface area contributed by atoms with Gasteiger partial charge in [0.2, 0.25) is 11.9 Å². The number of anilines is 2. The largest absolute Gasteiger partial charge is 0.396 e. The van der Waals surface area contributed by atoms with Crippen molar-refractivity contribution in [1.82, 2.24) is 19.8 Å². The molecule has 2 aliphatic heterocycles. The maximum atomic E-state index is 11.8. The molecule has 0 unspecified atom stereocenters. The second kappa shape index (κ2) is 8.18. The Hall–Kier alpha value is -1.93. The van der Waals surface area contributed by atoms with Crippen molar-refractivity contribution in [2.24, 2.45) is 0 Å². The van der Waals surface area contributed by atoms with Crippen molar-refractivity contribution in [3.63, 3.8) is 0 Å². The zero-order valence-electron chi connectivity index (χ0n) is 16.1. The van der Waals surface area contributed by atoms with E-state index in [1.165, 1.54) is 5.56 Å². The first-order valence-corrected chi connectivity index (χ1v) is 9.40. The topological polar surface area (TPSA) is 76.0 Å². The van der Waals surface area contributed by atoms with E-state index < -0.39 is 0 Å². The molecule has 0 radical (unpaired) electrons. The zero-order chi connectivity index (χ0) is 18.7. The molecule has 0 spiro atoms. The van der Waals surface area contributed by atoms with Gasteiger partial charge in [0.15, 0.2) is 0 Å². The van der Waals surface area contributed by atoms with E-state index in [2.05, 4.69) is 9.80 Å². The van der Waals surface area contributed by atoms with Crippen LogP contribution in [0.15, 0.2) is 0 Å². The van der Waals surface area contributed by atoms with Gasteiger partial charge in [-0.1, -0.05) is 0 Å². The van der Waals surface area contributed by atoms with Crippen molar-refractivity contribution in [1.29, 1.82) is 0 Å². The number of carbonyl (C=O) groups is 1. The van der Waals surface area contributed by atoms with Crippen molar-refractivity contribution in [3.05, 3.63) is 11.3 Å². The number of fused-ring (bicyclic) bond motifs is 1. The summed E-state index contributed by atoms with van der Waals surface area (Å²) in [7, 11) is 3.90. The molecule has 1 aromatic heterocycles. The first-order valence-electron chi connectivity index (χ1n) is 9.40. The van der Waals surface area contributed by atoms with E-state index in [0.717, 1.165) is 63.6 Å². The molecule has 2 aliphatic rings. The number of aliphatic hydroxyl groups is 1. The summed E-state index contributed by atoms with van der Waals surface area (Å²) in [5.41, 5.74) is 2.17. The van der Waals surface area contributed by atoms with Crippen molar-refractivity contribution < 1.29 is 9.90 Å². The fourth-order valence-electron chi connectivity index (χ4n) is 3.61. The molecule has 8 heteroatoms. The predicted octanol–water partition coefficient (Wildman–Crippen LogP) is -0.0484. The maximum absolute atomic E-state index is 11.8. The monoisotopic (exact) mass is 362 g/mol. The SMILES string of the molecule is CC(=O)N1CCc2c(nc(N(C)C)nc2N2CCN(CCCO)CC2)C1. The Labute approximate surface area is 155 Å². The van der Waals surface area contributed by atoms with Crippen LogP contribution in [-0.4, -0.2) is 90.8 Å². The van der Waals surface area contributed by atoms with Crippen LogP contribution >= 0.6 is 0 Å². The van der Waals surface area contributed by atoms with Crippen LogP contribution in [0.5, 0.6) is 0 Å². The summed E-state index contributed by atoms with van der Waals surface area (Å²) in [6.45, 7) is 7.93. The Morgan fingerprint density at radius 3 is 2.50 bits per heavy atom. The van der Waals surface area contributed by atoms with Crippen LogP contribution in [-0.2, 0) is 17.8 Å². The molecule has 1 saturated heterocycles. The number of hydrogen-bond acceptors (Lipinski definition) is 7. The van der Waals surface area contributed by atoms with Gasteiger partial charge in [0.25, 0.3) is 0 Å². The predicted molar refractivity (Wildman–Crippen MR) is 102 cm³/mol. The number of aliphatic hydroxyl groups excluding tert-OH is 1. The molecule has 0 saturated carbocycles. The van der Waals surface area contributed by atoms with Gasteiger partial charge >= 0.3 is 0 Å². The van der Waals surface area contributed by atoms with E-state index in [0.29, 0.717) is 12.5 Å². The molecule has 0 aromatic carbocycles. The molecule has 0 atom stereocenters. The maximum Gasteiger partial charge on any atom is 0.227 e. The van der Waals surface area contributed by atoms with E-state index in [9.17, 15) is 4.79 Å². The molecule has 8 nitrogen and oxygen atoms in total. The van der Waals surface area contributed by atoms with Crippen LogP contribution in [0.2, 0.25) is 0 Å². The van der Waals surface area contributed by atoms with Crippen LogP contribution in [0, 0.1) is 0 Å². The summed E-state index contributed by atoms with van der Waals surface area (Å²) in [4.78, 5) is 29.9. The van der Waals surface area contributed by atoms with Gasteiger partial charge in [0.1, 0.15) is 5.82 Å². The fraction of sp³-hybridized carbons (Fsp3) is 0.722. The summed E-state index contributed by atoms with van der Waals surface area (Å²) < 4.78 is 0. The first kappa shape index (κ1) is 18.8. The third kappa shape index (κ3) is 4.07. The van der Waals surface area contributed by atoms with Crippen LogP contribution < -0.4 is 9.80 Å². The van der Waals surface area contributed by atoms with E-state index in [1.807, 2.05) is 23.9 Å². The van der Waals surface area contributed by atoms with Gasteiger partial charge in [-0.3, -0.25) is 9.69 Å². The number of nitrogens with zero attached hydrogens (tertiary/aromatic N) is 6. The van der Waals surface area contributed by atoms with Crippen molar-refractivity contribution in [2.75, 3.05) is 69.8 Å². The average molecular weight is 362 g/mol. The standard InChI is InChI=1S/C18H30N6O2/c1-14(26)24-7-5-15-16(13-24)19-18(21(2)3)20-17(15)23-10-8-22(9-11-23)6-4-12-25/h25H,4-13H2,1-3H3. The number of rotatable bonds is 5. The van der Waals surface area contributed by atoms with E-state index >= 15 is 0 Å². The second-order valence-corrected chi connectivity index (χ2v) is 7.26. The van der Waals surface area contributed by atoms with E-state index in [4.69, 9.17) is 15.1 Å². The number of aromatic nitrogens is 2. The molecule has 26 heavy (non-hydrogen) atoms. The Balaban J connectivity index is 1.82. The molecule has 0 bridgehead atoms. The Morgan fingerprint density at radius 1 is 1.15 bits per heavy atom. The van der Waals surface area contributed by atoms with E-state index in [-0.39, 0.29) is 12.5 Å². The minimum atomic E-state index is 0.0970. The van der Waals surface area contributed by atoms with Gasteiger partial charge in [0.05, 0.1) is 12.2 Å². The Bertz CT molecular complexity index is 643. The van der Waals surface area contributed by atoms with Crippen molar-refractivity contribution in [3.8, 4) is 0 Å². The quantitative estimate of drug-likeness (QED) is 0.787. The highest BCUT2D eigenvalue weighted by Crippen LogP contribution is 2.29. The summed E-state index contributed by atoms with van der Waals surface area (Å²) in [5.74, 6) is 1.83. The highest BCUT2D eigenvalue weighted by molar-refractivity contribution is 5.73. The molecule has 1 amide bonds. The smallest absolute Gasteiger partial charge is 0.227 e. The summed E-state index contributed by atoms with van der Waals surface area (Å²) in [6, 6.07) is 0. The second-order valence-electron chi connectivity index (χ2n) is 7.26. The fourth-order valence-corrected chi connectivity index (χ4v) is 3.61. The molecular formula is C18H30N6O2. The van der Waals surface area contributed by atoms with E-state index in [1.54, 1.807) is 6.92 Å². The van der Waals surface area contributed by atoms with Gasteiger partial charge < -0.3 is 19.8 Å². The van der Waals surface area contributed by atoms with Crippen LogP contribution in [0.4, 0.5) is 11.8 Å². The molecule has 1 N–H and O–H groups in total. The lowest BCUT2D eigenvalue weighted by Crippen LogP contribution is -2.48. The number of hydrogen-bond donors (Lipinski definition) is 1. The molecular weight excluding hydrogens is 332 g/mol. The molecule has 1 fully saturated rings. The number of piperazine rings is 1. The lowest BCUT2D eigenvalue weighted by molar-refractivity contribution is -0.129. The third-order valence-electron chi connectivity index (χ3n) is 5.18. The van der Waals surface area contributed by atoms with Crippen molar-refractivity contribution in [2.45, 2.75) is 26.3 Å². The zero-order valence-corrected chi connectivity index (χ0v) is 16.1. The summed E-state index contributed by atoms with van der Waals surface area (Å²) in [5, 5.41) is 9.02. The summed E-state index contributed by atoms with van der Waals surface area (Å²) in [6.07, 6.45) is 1.64. The Morgan fingerprint density at radius 2 is 1.88 bits per heavy atom. The highest BCUT2D eigenvalue weighted by Gasteiger charge is 2.28. The van der Waals surface area contributed by atoms with Crippen LogP contribution in [0.3, 0.4) is 0 Å². The summed E-state index contributed by atoms with van der Waals surface area (Å²) >= 11 is 0. The highest BCUT2D eigenvalue weighted by atomic mass is 16.3. The molecule has 1 aromatic rings. The lowest BCUT2D eigenvalue weighted by Gasteiger charge is -2.38. The van der Waals surface area contributed by atoms with Crippen LogP contribution in [0.1, 0.15) is 24.6 Å². The lowest BCUT2D eigenvalue weighted by atomic mass is 10.0. The normalized spacial score (nSPS) is 18.0. The van der Waals surface area contributed by atoms with Gasteiger partial charge in [-0.05, 0) is 12.8 Å². The Kier molecular flexibility index (Phi) is 5.93. The van der Waals surface area contributed by atoms with Gasteiger partial charge in [-0.2, -0.15) is 4.98 Å². The third-order valence-corrected chi connectivity index (χ3v) is 5.18. The number of amides is 1. The number of carbonyl (C=O) groups excluding carboxylic acids is 1. The van der Waals surface area contributed by atoms with Crippen molar-refractivity contribution >= 4 is 17.7 Å². The molecule has 0 aliphatic carbocycles. The van der Waals surface area contributed by atoms with Gasteiger partial charge in [0, 0.05) is 72.5 Å². The molecule has 3 rings (SSSR count). The van der Waals surface area contributed by atoms with Gasteiger partial charge in [-0.15, -0.1) is 0 Å². The first-order chi connectivity index (χ1) is 12.5. The van der Waals surface area contributed by atoms with Gasteiger partial charge in [-0.25, -0.2) is 4.98 Å². The van der Waals surface area contributed by atoms with Crippen LogP contribution in [0.25, 0.3) is 0 Å². The molecule has 144 valence electrons. The minimum Gasteiger partial charge on any atom is -0.396 e. The average Bonchev–Trinajstić information content (AvgIpc) is 2.65.